The lowest BCUT2D eigenvalue weighted by Crippen LogP contribution is -2.53. The summed E-state index contributed by atoms with van der Waals surface area (Å²) in [6.07, 6.45) is 7.05. The minimum atomic E-state index is -0.709. The van der Waals surface area contributed by atoms with Crippen LogP contribution in [0.25, 0.3) is 0 Å². The molecule has 2 N–H and O–H groups in total. The van der Waals surface area contributed by atoms with Gasteiger partial charge in [0.25, 0.3) is 0 Å². The number of hydrogen-bond acceptors (Lipinski definition) is 3. The molecule has 16 heavy (non-hydrogen) atoms. The summed E-state index contributed by atoms with van der Waals surface area (Å²) in [6.45, 7) is 1.18. The topological polar surface area (TPSA) is 58.6 Å². The minimum absolute atomic E-state index is 0.565. The van der Waals surface area contributed by atoms with Gasteiger partial charge in [0.2, 0.25) is 0 Å². The van der Waals surface area contributed by atoms with Crippen molar-refractivity contribution >= 4 is 5.97 Å². The molecule has 0 spiro atoms. The summed E-state index contributed by atoms with van der Waals surface area (Å²) in [6, 6.07) is 0. The molecule has 0 aromatic carbocycles. The lowest BCUT2D eigenvalue weighted by molar-refractivity contribution is -0.146. The predicted octanol–water partition coefficient (Wildman–Crippen LogP) is 1.79. The fourth-order valence-electron chi connectivity index (χ4n) is 2.37. The zero-order valence-corrected chi connectivity index (χ0v) is 10.1. The van der Waals surface area contributed by atoms with Crippen LogP contribution in [0.2, 0.25) is 0 Å². The van der Waals surface area contributed by atoms with Gasteiger partial charge in [-0.05, 0) is 12.8 Å². The average Bonchev–Trinajstić information content (AvgIpc) is 2.21. The first-order chi connectivity index (χ1) is 7.71. The van der Waals surface area contributed by atoms with Crippen molar-refractivity contribution in [2.75, 3.05) is 20.3 Å². The maximum Gasteiger partial charge on any atom is 0.323 e. The van der Waals surface area contributed by atoms with Crippen molar-refractivity contribution in [3.63, 3.8) is 0 Å². The third-order valence-electron chi connectivity index (χ3n) is 3.39. The lowest BCUT2D eigenvalue weighted by atomic mass is 9.84. The minimum Gasteiger partial charge on any atom is -0.480 e. The molecule has 1 fully saturated rings. The number of methoxy groups -OCH3 is 1. The van der Waals surface area contributed by atoms with Crippen molar-refractivity contribution in [3.05, 3.63) is 0 Å². The van der Waals surface area contributed by atoms with Crippen molar-refractivity contribution < 1.29 is 14.6 Å². The van der Waals surface area contributed by atoms with Crippen molar-refractivity contribution in [1.82, 2.24) is 5.32 Å². The van der Waals surface area contributed by atoms with Crippen LogP contribution in [0.5, 0.6) is 0 Å². The van der Waals surface area contributed by atoms with Gasteiger partial charge in [-0.2, -0.15) is 0 Å². The van der Waals surface area contributed by atoms with Gasteiger partial charge in [-0.25, -0.2) is 0 Å². The Kier molecular flexibility index (Phi) is 5.77. The monoisotopic (exact) mass is 229 g/mol. The number of nitrogens with one attached hydrogen (secondary N) is 1. The third kappa shape index (κ3) is 3.76. The molecule has 0 saturated heterocycles. The van der Waals surface area contributed by atoms with Crippen LogP contribution in [0.4, 0.5) is 0 Å². The van der Waals surface area contributed by atoms with Gasteiger partial charge < -0.3 is 9.84 Å². The number of hydrogen-bond donors (Lipinski definition) is 2. The smallest absolute Gasteiger partial charge is 0.323 e. The van der Waals surface area contributed by atoms with Gasteiger partial charge in [0.1, 0.15) is 5.54 Å². The molecule has 4 nitrogen and oxygen atoms in total. The molecular formula is C12H23NO3. The van der Waals surface area contributed by atoms with Crippen molar-refractivity contribution in [2.24, 2.45) is 0 Å². The van der Waals surface area contributed by atoms with Crippen LogP contribution >= 0.6 is 0 Å². The molecule has 0 bridgehead atoms. The summed E-state index contributed by atoms with van der Waals surface area (Å²) in [5, 5.41) is 12.6. The second-order valence-corrected chi connectivity index (χ2v) is 4.57. The second-order valence-electron chi connectivity index (χ2n) is 4.57. The van der Waals surface area contributed by atoms with E-state index in [1.807, 2.05) is 0 Å². The van der Waals surface area contributed by atoms with Gasteiger partial charge in [0.15, 0.2) is 0 Å². The van der Waals surface area contributed by atoms with Crippen LogP contribution in [-0.4, -0.2) is 36.9 Å². The van der Waals surface area contributed by atoms with Crippen LogP contribution in [0, 0.1) is 0 Å². The van der Waals surface area contributed by atoms with Crippen molar-refractivity contribution in [1.29, 1.82) is 0 Å². The Morgan fingerprint density at radius 3 is 2.31 bits per heavy atom. The Morgan fingerprint density at radius 2 is 1.81 bits per heavy atom. The first-order valence-electron chi connectivity index (χ1n) is 6.19. The standard InChI is InChI=1S/C12H23NO3/c1-16-10-9-13-12(11(14)15)7-5-3-2-4-6-8-12/h13H,2-10H2,1H3,(H,14,15). The summed E-state index contributed by atoms with van der Waals surface area (Å²) in [5.74, 6) is -0.703. The Morgan fingerprint density at radius 1 is 1.25 bits per heavy atom. The molecule has 1 aliphatic carbocycles. The van der Waals surface area contributed by atoms with Gasteiger partial charge in [-0.1, -0.05) is 32.1 Å². The van der Waals surface area contributed by atoms with E-state index in [0.717, 1.165) is 38.5 Å². The van der Waals surface area contributed by atoms with E-state index in [4.69, 9.17) is 4.74 Å². The third-order valence-corrected chi connectivity index (χ3v) is 3.39. The SMILES string of the molecule is COCCNC1(C(=O)O)CCCCCCC1. The number of carbonyl (C=O) groups is 1. The van der Waals surface area contributed by atoms with Crippen molar-refractivity contribution in [3.8, 4) is 0 Å². The molecule has 1 saturated carbocycles. The van der Waals surface area contributed by atoms with Gasteiger partial charge >= 0.3 is 5.97 Å². The molecule has 0 heterocycles. The van der Waals surface area contributed by atoms with Crippen LogP contribution in [0.1, 0.15) is 44.9 Å². The highest BCUT2D eigenvalue weighted by molar-refractivity contribution is 5.78. The zero-order chi connectivity index (χ0) is 11.9. The highest BCUT2D eigenvalue weighted by Gasteiger charge is 2.37. The lowest BCUT2D eigenvalue weighted by Gasteiger charge is -2.32. The molecule has 94 valence electrons. The molecule has 0 aromatic heterocycles. The zero-order valence-electron chi connectivity index (χ0n) is 10.1. The summed E-state index contributed by atoms with van der Waals surface area (Å²) in [4.78, 5) is 11.4. The molecule has 0 unspecified atom stereocenters. The van der Waals surface area contributed by atoms with E-state index in [2.05, 4.69) is 5.32 Å². The quantitative estimate of drug-likeness (QED) is 0.706. The summed E-state index contributed by atoms with van der Waals surface area (Å²) in [5.41, 5.74) is -0.709. The number of aliphatic carboxylic acids is 1. The Hall–Kier alpha value is -0.610. The normalized spacial score (nSPS) is 21.1. The maximum atomic E-state index is 11.4. The van der Waals surface area contributed by atoms with E-state index >= 15 is 0 Å². The first-order valence-corrected chi connectivity index (χ1v) is 6.19. The summed E-state index contributed by atoms with van der Waals surface area (Å²) >= 11 is 0. The second kappa shape index (κ2) is 6.86. The molecule has 0 atom stereocenters. The first kappa shape index (κ1) is 13.5. The fraction of sp³-hybridized carbons (Fsp3) is 0.917. The molecule has 0 aliphatic heterocycles. The van der Waals surface area contributed by atoms with Crippen LogP contribution in [0.15, 0.2) is 0 Å². The van der Waals surface area contributed by atoms with Crippen LogP contribution < -0.4 is 5.32 Å². The summed E-state index contributed by atoms with van der Waals surface area (Å²) < 4.78 is 4.96. The van der Waals surface area contributed by atoms with E-state index in [-0.39, 0.29) is 0 Å². The predicted molar refractivity (Wildman–Crippen MR) is 62.6 cm³/mol. The molecule has 0 radical (unpaired) electrons. The van der Waals surface area contributed by atoms with Crippen LogP contribution in [0.3, 0.4) is 0 Å². The number of carboxylic acid groups (broad SMARTS) is 1. The Bertz CT molecular complexity index is 210. The van der Waals surface area contributed by atoms with Gasteiger partial charge in [-0.3, -0.25) is 10.1 Å². The van der Waals surface area contributed by atoms with E-state index in [9.17, 15) is 9.90 Å². The van der Waals surface area contributed by atoms with E-state index < -0.39 is 11.5 Å². The summed E-state index contributed by atoms with van der Waals surface area (Å²) in [7, 11) is 1.63. The highest BCUT2D eigenvalue weighted by atomic mass is 16.5. The number of rotatable bonds is 5. The fourth-order valence-corrected chi connectivity index (χ4v) is 2.37. The molecule has 0 amide bonds. The van der Waals surface area contributed by atoms with Gasteiger partial charge in [0.05, 0.1) is 6.61 Å². The molecule has 4 heteroatoms. The Labute approximate surface area is 97.4 Å². The molecule has 1 rings (SSSR count). The Balaban J connectivity index is 2.56. The van der Waals surface area contributed by atoms with Crippen LogP contribution in [-0.2, 0) is 9.53 Å². The van der Waals surface area contributed by atoms with Crippen molar-refractivity contribution in [2.45, 2.75) is 50.5 Å². The van der Waals surface area contributed by atoms with E-state index in [1.54, 1.807) is 7.11 Å². The molecule has 1 aliphatic rings. The maximum absolute atomic E-state index is 11.4. The number of ether oxygens (including phenoxy) is 1. The van der Waals surface area contributed by atoms with E-state index in [0.29, 0.717) is 13.2 Å². The van der Waals surface area contributed by atoms with Gasteiger partial charge in [-0.15, -0.1) is 0 Å². The average molecular weight is 229 g/mol. The van der Waals surface area contributed by atoms with E-state index in [1.165, 1.54) is 6.42 Å². The molecular weight excluding hydrogens is 206 g/mol. The number of carboxylic acids is 1. The molecule has 0 aromatic rings. The largest absolute Gasteiger partial charge is 0.480 e. The van der Waals surface area contributed by atoms with Gasteiger partial charge in [0, 0.05) is 13.7 Å². The highest BCUT2D eigenvalue weighted by Crippen LogP contribution is 2.26.